The number of halogens is 1. The van der Waals surface area contributed by atoms with Gasteiger partial charge >= 0.3 is 0 Å². The van der Waals surface area contributed by atoms with Crippen molar-refractivity contribution >= 4 is 67.9 Å². The minimum absolute atomic E-state index is 0.0208. The van der Waals surface area contributed by atoms with Gasteiger partial charge in [0.15, 0.2) is 17.5 Å². The van der Waals surface area contributed by atoms with Crippen LogP contribution < -0.4 is 48.1 Å². The quantitative estimate of drug-likeness (QED) is 0.0343. The number of piperidine rings is 2. The number of carbonyl (C=O) groups excluding carboxylic acids is 3. The molecule has 3 unspecified atom stereocenters. The van der Waals surface area contributed by atoms with Crippen molar-refractivity contribution in [2.75, 3.05) is 118 Å². The lowest BCUT2D eigenvalue weighted by Crippen LogP contribution is -2.45. The first-order valence-electron chi connectivity index (χ1n) is 38.2. The van der Waals surface area contributed by atoms with Gasteiger partial charge in [0, 0.05) is 125 Å². The number of likely N-dealkylation sites (tertiary alicyclic amines) is 3. The molecule has 0 radical (unpaired) electrons. The summed E-state index contributed by atoms with van der Waals surface area (Å²) < 4.78 is 38.7. The molecule has 3 fully saturated rings. The summed E-state index contributed by atoms with van der Waals surface area (Å²) in [6.07, 6.45) is 17.3. The second-order valence-corrected chi connectivity index (χ2v) is 29.5. The van der Waals surface area contributed by atoms with E-state index in [0.717, 1.165) is 71.7 Å². The monoisotopic (exact) mass is 1550 g/mol. The van der Waals surface area contributed by atoms with Gasteiger partial charge in [0.2, 0.25) is 17.7 Å². The number of nitrogens with zero attached hydrogens (tertiary/aromatic N) is 12. The highest BCUT2D eigenvalue weighted by Gasteiger charge is 2.35. The summed E-state index contributed by atoms with van der Waals surface area (Å²) in [6, 6.07) is 50.7. The summed E-state index contributed by atoms with van der Waals surface area (Å²) in [4.78, 5) is 88.1. The maximum atomic E-state index is 15.4. The number of rotatable bonds is 22. The van der Waals surface area contributed by atoms with E-state index in [1.165, 1.54) is 6.08 Å². The highest BCUT2D eigenvalue weighted by Crippen LogP contribution is 2.41. The topological polar surface area (TPSA) is 328 Å². The van der Waals surface area contributed by atoms with Crippen molar-refractivity contribution in [1.29, 1.82) is 0 Å². The Hall–Kier alpha value is -13.2. The number of fused-ring (bicyclic) bond motifs is 3. The third-order valence-corrected chi connectivity index (χ3v) is 20.4. The van der Waals surface area contributed by atoms with E-state index in [4.69, 9.17) is 31.4 Å². The molecule has 3 atom stereocenters. The fourth-order valence-corrected chi connectivity index (χ4v) is 14.7. The number of nitrogens with one attached hydrogen (secondary N) is 3. The number of carbonyl (C=O) groups is 3. The third-order valence-electron chi connectivity index (χ3n) is 20.4. The molecule has 0 aliphatic carbocycles. The molecule has 9 heterocycles. The number of hydrogen-bond acceptors (Lipinski definition) is 18. The van der Waals surface area contributed by atoms with Crippen LogP contribution in [0.3, 0.4) is 0 Å². The van der Waals surface area contributed by atoms with Crippen molar-refractivity contribution in [2.24, 2.45) is 5.92 Å². The Kier molecular flexibility index (Phi) is 25.4. The summed E-state index contributed by atoms with van der Waals surface area (Å²) in [6.45, 7) is 5.68. The largest absolute Gasteiger partial charge is 0.457 e. The van der Waals surface area contributed by atoms with Crippen LogP contribution in [0, 0.1) is 5.92 Å². The number of aromatic amines is 3. The molecule has 6 aromatic carbocycles. The Balaban J connectivity index is 0.000000150. The SMILES string of the molecule is CN(C)C/C=C/C(=O)N1CCC(Cn2cc(-c3ccc(Oc4ccccc4)cc3)c3c(N)n[nH]c(=O)c32)C1.CN(C)C/C=C/C(=O)N1CCC(F)C(n2cc(-c3ccc(Oc4ccccc4)cc3)c3c(N)n[nH]c(=O)c32)C1.CN(C)C/C=C/C(=O)N1CCC(n2cc(-c3ccc(Oc4ccccc4)cc3)c3c(N)n[nH]c(=O)c32)CC1. The van der Waals surface area contributed by atoms with Crippen molar-refractivity contribution in [2.45, 2.75) is 50.5 Å². The molecule has 3 saturated heterocycles. The summed E-state index contributed by atoms with van der Waals surface area (Å²) in [5, 5.41) is 21.2. The average Bonchev–Trinajstić information content (AvgIpc) is 1.61. The Morgan fingerprint density at radius 1 is 0.435 bits per heavy atom. The van der Waals surface area contributed by atoms with Gasteiger partial charge in [-0.15, -0.1) is 0 Å². The van der Waals surface area contributed by atoms with Crippen LogP contribution in [0.15, 0.2) is 233 Å². The van der Waals surface area contributed by atoms with Gasteiger partial charge in [0.1, 0.15) is 57.2 Å². The molecule has 115 heavy (non-hydrogen) atoms. The molecule has 28 heteroatoms. The van der Waals surface area contributed by atoms with Gasteiger partial charge in [0.25, 0.3) is 16.7 Å². The number of para-hydroxylation sites is 3. The molecule has 3 aliphatic heterocycles. The number of nitrogens with two attached hydrogens (primary N) is 3. The van der Waals surface area contributed by atoms with E-state index in [0.29, 0.717) is 102 Å². The zero-order valence-electron chi connectivity index (χ0n) is 65.1. The number of alkyl halides is 1. The van der Waals surface area contributed by atoms with Crippen LogP contribution in [0.25, 0.3) is 66.1 Å². The predicted octanol–water partition coefficient (Wildman–Crippen LogP) is 11.8. The number of hydrogen-bond donors (Lipinski definition) is 6. The van der Waals surface area contributed by atoms with Crippen LogP contribution in [0.5, 0.6) is 34.5 Å². The maximum Gasteiger partial charge on any atom is 0.288 e. The van der Waals surface area contributed by atoms with E-state index in [1.54, 1.807) is 33.9 Å². The zero-order valence-corrected chi connectivity index (χ0v) is 65.1. The van der Waals surface area contributed by atoms with E-state index in [9.17, 15) is 28.8 Å². The van der Waals surface area contributed by atoms with Crippen LogP contribution in [0.2, 0.25) is 0 Å². The second kappa shape index (κ2) is 36.5. The van der Waals surface area contributed by atoms with Gasteiger partial charge in [0.05, 0.1) is 22.2 Å². The Morgan fingerprint density at radius 3 is 1.19 bits per heavy atom. The lowest BCUT2D eigenvalue weighted by Gasteiger charge is -2.35. The van der Waals surface area contributed by atoms with Crippen LogP contribution in [-0.4, -0.2) is 199 Å². The number of ether oxygens (including phenoxy) is 3. The normalized spacial score (nSPS) is 16.0. The Bertz CT molecular complexity index is 5620. The van der Waals surface area contributed by atoms with E-state index in [2.05, 4.69) is 30.6 Å². The molecule has 0 spiro atoms. The van der Waals surface area contributed by atoms with Gasteiger partial charge in [-0.25, -0.2) is 19.7 Å². The lowest BCUT2D eigenvalue weighted by molar-refractivity contribution is -0.129. The molecule has 3 aliphatic rings. The van der Waals surface area contributed by atoms with E-state index >= 15 is 4.39 Å². The van der Waals surface area contributed by atoms with Crippen LogP contribution >= 0.6 is 0 Å². The maximum absolute atomic E-state index is 15.4. The van der Waals surface area contributed by atoms with E-state index < -0.39 is 17.8 Å². The molecule has 594 valence electrons. The molecule has 0 saturated carbocycles. The Labute approximate surface area is 663 Å². The van der Waals surface area contributed by atoms with E-state index in [1.807, 2.05) is 264 Å². The van der Waals surface area contributed by atoms with Crippen molar-refractivity contribution < 1.29 is 33.0 Å². The van der Waals surface area contributed by atoms with Crippen LogP contribution in [0.4, 0.5) is 21.8 Å². The van der Waals surface area contributed by atoms with Gasteiger partial charge < -0.3 is 74.5 Å². The first-order valence-corrected chi connectivity index (χ1v) is 38.2. The number of aromatic nitrogens is 9. The molecule has 9 N–H and O–H groups in total. The lowest BCUT2D eigenvalue weighted by atomic mass is 10.0. The smallest absolute Gasteiger partial charge is 0.288 e. The minimum atomic E-state index is -1.25. The summed E-state index contributed by atoms with van der Waals surface area (Å²) in [5.41, 5.74) is 23.9. The van der Waals surface area contributed by atoms with Gasteiger partial charge in [-0.05, 0) is 163 Å². The molecule has 6 aromatic heterocycles. The molecule has 15 rings (SSSR count). The second-order valence-electron chi connectivity index (χ2n) is 29.5. The van der Waals surface area contributed by atoms with Crippen molar-refractivity contribution in [1.82, 2.24) is 73.7 Å². The summed E-state index contributed by atoms with van der Waals surface area (Å²) in [7, 11) is 11.7. The molecule has 12 aromatic rings. The first-order chi connectivity index (χ1) is 55.6. The fourth-order valence-electron chi connectivity index (χ4n) is 14.7. The van der Waals surface area contributed by atoms with Gasteiger partial charge in [-0.3, -0.25) is 28.8 Å². The van der Waals surface area contributed by atoms with Crippen molar-refractivity contribution in [3.63, 3.8) is 0 Å². The number of nitrogen functional groups attached to an aromatic ring is 3. The average molecular weight is 1560 g/mol. The number of likely N-dealkylation sites (N-methyl/N-ethyl adjacent to an activating group) is 3. The van der Waals surface area contributed by atoms with Crippen molar-refractivity contribution in [3.05, 3.63) is 250 Å². The molecular weight excluding hydrogens is 1460 g/mol. The Morgan fingerprint density at radius 2 is 0.774 bits per heavy atom. The summed E-state index contributed by atoms with van der Waals surface area (Å²) >= 11 is 0. The molecule has 0 bridgehead atoms. The number of benzene rings is 6. The van der Waals surface area contributed by atoms with Crippen LogP contribution in [0.1, 0.15) is 37.8 Å². The van der Waals surface area contributed by atoms with E-state index in [-0.39, 0.29) is 76.7 Å². The standard InChI is InChI=1S/C29H31FN6O3.2C29H32N6O3/c1-34(2)15-6-9-25(37)35-16-14-23(30)24(18-35)36-17-22(26-27(36)29(38)33-32-28(26)31)19-10-12-21(13-11-19)39-20-7-4-3-5-8-20;1-33(2)16-6-9-25(36)34-17-14-21(15-18-34)35-19-24(26-27(35)29(37)32-31-28(26)30)20-10-12-23(13-11-20)38-22-7-4-3-5-8-22;1-33(2)15-6-9-25(36)34-16-14-20(17-34)18-35-19-24(26-27(35)29(37)32-31-28(26)30)21-10-12-23(13-11-21)38-22-7-4-3-5-8-22/h3-13,17,23-24H,14-16,18H2,1-2H3,(H2,31,32)(H,33,38);3-13,19,21H,14-18H2,1-2H3,(H2,30,31)(H,32,37);3-13,19-20H,14-18H2,1-2H3,(H2,30,31)(H,32,37)/b3*9-6+. The van der Waals surface area contributed by atoms with Crippen LogP contribution in [-0.2, 0) is 20.9 Å². The molecule has 27 nitrogen and oxygen atoms in total. The number of anilines is 3. The molecule has 3 amide bonds. The fraction of sp³-hybridized carbons (Fsp3) is 0.276. The highest BCUT2D eigenvalue weighted by atomic mass is 19.1. The van der Waals surface area contributed by atoms with Crippen molar-refractivity contribution in [3.8, 4) is 67.9 Å². The third kappa shape index (κ3) is 19.3. The minimum Gasteiger partial charge on any atom is -0.457 e. The number of amides is 3. The summed E-state index contributed by atoms with van der Waals surface area (Å²) in [5.74, 6) is 5.06. The van der Waals surface area contributed by atoms with Gasteiger partial charge in [-0.2, -0.15) is 15.3 Å². The number of H-pyrrole nitrogens is 3. The van der Waals surface area contributed by atoms with Gasteiger partial charge in [-0.1, -0.05) is 109 Å². The highest BCUT2D eigenvalue weighted by molar-refractivity contribution is 6.04. The predicted molar refractivity (Wildman–Crippen MR) is 448 cm³/mol. The first kappa shape index (κ1) is 79.9. The molecular formula is C87H95FN18O9. The zero-order chi connectivity index (χ0) is 80.8.